The molecule has 1 aromatic carbocycles. The molecule has 0 amide bonds. The van der Waals surface area contributed by atoms with Gasteiger partial charge in [-0.25, -0.2) is 4.39 Å². The summed E-state index contributed by atoms with van der Waals surface area (Å²) in [5.41, 5.74) is 0.738. The van der Waals surface area contributed by atoms with Gasteiger partial charge in [0.25, 0.3) is 0 Å². The maximum absolute atomic E-state index is 13.4. The minimum Gasteiger partial charge on any atom is -0.400 e. The molecule has 3 nitrogen and oxygen atoms in total. The quantitative estimate of drug-likeness (QED) is 0.683. The minimum atomic E-state index is -0.558. The first-order chi connectivity index (χ1) is 10.2. The molecule has 0 saturated carbocycles. The van der Waals surface area contributed by atoms with Gasteiger partial charge in [0, 0.05) is 5.75 Å². The standard InChI is InChI=1S/C16H19BFNO2S/c1-15(2)16(3,4)21-17(20-15)13(10-22)7-12-8-14(18)6-5-11(12)9-19/h5-8,22H,10H2,1-4H3. The Bertz CT molecular complexity index is 636. The highest BCUT2D eigenvalue weighted by atomic mass is 32.1. The van der Waals surface area contributed by atoms with E-state index in [0.29, 0.717) is 16.9 Å². The number of thiol groups is 1. The molecule has 0 N–H and O–H groups in total. The van der Waals surface area contributed by atoms with Crippen LogP contribution in [0.3, 0.4) is 0 Å². The van der Waals surface area contributed by atoms with E-state index < -0.39 is 24.1 Å². The van der Waals surface area contributed by atoms with Crippen LogP contribution >= 0.6 is 12.6 Å². The van der Waals surface area contributed by atoms with Crippen molar-refractivity contribution in [3.8, 4) is 6.07 Å². The van der Waals surface area contributed by atoms with E-state index in [2.05, 4.69) is 18.7 Å². The van der Waals surface area contributed by atoms with Crippen LogP contribution < -0.4 is 0 Å². The van der Waals surface area contributed by atoms with Crippen LogP contribution in [-0.2, 0) is 9.31 Å². The first-order valence-electron chi connectivity index (χ1n) is 7.07. The van der Waals surface area contributed by atoms with Gasteiger partial charge in [-0.3, -0.25) is 0 Å². The van der Waals surface area contributed by atoms with Crippen molar-refractivity contribution in [2.45, 2.75) is 38.9 Å². The molecule has 2 rings (SSSR count). The van der Waals surface area contributed by atoms with Gasteiger partial charge < -0.3 is 9.31 Å². The number of rotatable bonds is 3. The van der Waals surface area contributed by atoms with E-state index >= 15 is 0 Å². The third-order valence-electron chi connectivity index (χ3n) is 4.21. The first-order valence-corrected chi connectivity index (χ1v) is 7.70. The molecular formula is C16H19BFNO2S. The van der Waals surface area contributed by atoms with Gasteiger partial charge in [0.2, 0.25) is 0 Å². The number of nitrogens with zero attached hydrogens (tertiary/aromatic N) is 1. The lowest BCUT2D eigenvalue weighted by atomic mass is 9.78. The largest absolute Gasteiger partial charge is 0.491 e. The molecule has 0 bridgehead atoms. The van der Waals surface area contributed by atoms with Gasteiger partial charge in [0.1, 0.15) is 5.82 Å². The molecule has 22 heavy (non-hydrogen) atoms. The third kappa shape index (κ3) is 3.22. The molecule has 0 aromatic heterocycles. The van der Waals surface area contributed by atoms with Crippen molar-refractivity contribution >= 4 is 25.8 Å². The summed E-state index contributed by atoms with van der Waals surface area (Å²) in [5.74, 6) is -0.00392. The molecule has 1 saturated heterocycles. The van der Waals surface area contributed by atoms with Crippen molar-refractivity contribution in [3.05, 3.63) is 40.6 Å². The maximum Gasteiger partial charge on any atom is 0.491 e. The molecule has 0 radical (unpaired) electrons. The normalized spacial score (nSPS) is 20.0. The molecule has 1 fully saturated rings. The van der Waals surface area contributed by atoms with E-state index in [4.69, 9.17) is 14.6 Å². The Morgan fingerprint density at radius 1 is 1.32 bits per heavy atom. The summed E-state index contributed by atoms with van der Waals surface area (Å²) < 4.78 is 25.4. The molecule has 116 valence electrons. The van der Waals surface area contributed by atoms with Gasteiger partial charge >= 0.3 is 7.12 Å². The highest BCUT2D eigenvalue weighted by Gasteiger charge is 2.52. The molecular weight excluding hydrogens is 300 g/mol. The van der Waals surface area contributed by atoms with Gasteiger partial charge in [0.05, 0.1) is 22.8 Å². The Balaban J connectivity index is 2.38. The average molecular weight is 319 g/mol. The smallest absolute Gasteiger partial charge is 0.400 e. The predicted molar refractivity (Wildman–Crippen MR) is 89.0 cm³/mol. The number of hydrogen-bond donors (Lipinski definition) is 1. The van der Waals surface area contributed by atoms with Gasteiger partial charge in [-0.1, -0.05) is 6.08 Å². The molecule has 0 spiro atoms. The molecule has 1 aromatic rings. The first kappa shape index (κ1) is 17.1. The molecule has 1 aliphatic rings. The second-order valence-corrected chi connectivity index (χ2v) is 6.63. The average Bonchev–Trinajstić information content (AvgIpc) is 2.64. The number of benzene rings is 1. The third-order valence-corrected chi connectivity index (χ3v) is 4.58. The monoisotopic (exact) mass is 319 g/mol. The summed E-state index contributed by atoms with van der Waals surface area (Å²) >= 11 is 4.32. The highest BCUT2D eigenvalue weighted by Crippen LogP contribution is 2.39. The summed E-state index contributed by atoms with van der Waals surface area (Å²) in [5, 5.41) is 9.14. The second-order valence-electron chi connectivity index (χ2n) is 6.31. The summed E-state index contributed by atoms with van der Waals surface area (Å²) in [4.78, 5) is 0. The summed E-state index contributed by atoms with van der Waals surface area (Å²) in [6, 6.07) is 6.11. The Morgan fingerprint density at radius 2 is 1.91 bits per heavy atom. The summed E-state index contributed by atoms with van der Waals surface area (Å²) in [6.07, 6.45) is 1.72. The zero-order chi connectivity index (χ0) is 16.5. The van der Waals surface area contributed by atoms with Crippen molar-refractivity contribution in [1.82, 2.24) is 0 Å². The van der Waals surface area contributed by atoms with Crippen LogP contribution in [0.5, 0.6) is 0 Å². The van der Waals surface area contributed by atoms with E-state index in [1.165, 1.54) is 18.2 Å². The van der Waals surface area contributed by atoms with Crippen LogP contribution in [0.25, 0.3) is 6.08 Å². The number of halogens is 1. The number of nitriles is 1. The molecule has 1 heterocycles. The Hall–Kier alpha value is -1.29. The lowest BCUT2D eigenvalue weighted by Crippen LogP contribution is -2.41. The zero-order valence-electron chi connectivity index (χ0n) is 13.2. The maximum atomic E-state index is 13.4. The van der Waals surface area contributed by atoms with E-state index in [1.54, 1.807) is 6.08 Å². The lowest BCUT2D eigenvalue weighted by molar-refractivity contribution is 0.00578. The topological polar surface area (TPSA) is 42.2 Å². The Kier molecular flexibility index (Phi) is 4.71. The lowest BCUT2D eigenvalue weighted by Gasteiger charge is -2.32. The fourth-order valence-corrected chi connectivity index (χ4v) is 2.38. The van der Waals surface area contributed by atoms with Gasteiger partial charge in [-0.05, 0) is 56.9 Å². The summed E-state index contributed by atoms with van der Waals surface area (Å²) in [6.45, 7) is 7.86. The van der Waals surface area contributed by atoms with Gasteiger partial charge in [-0.2, -0.15) is 17.9 Å². The van der Waals surface area contributed by atoms with Crippen molar-refractivity contribution in [3.63, 3.8) is 0 Å². The van der Waals surface area contributed by atoms with Crippen molar-refractivity contribution in [2.75, 3.05) is 5.75 Å². The number of hydrogen-bond acceptors (Lipinski definition) is 4. The second kappa shape index (κ2) is 6.07. The zero-order valence-corrected chi connectivity index (χ0v) is 14.1. The predicted octanol–water partition coefficient (Wildman–Crippen LogP) is 3.64. The van der Waals surface area contributed by atoms with Crippen molar-refractivity contribution < 1.29 is 13.7 Å². The molecule has 0 atom stereocenters. The van der Waals surface area contributed by atoms with E-state index in [0.717, 1.165) is 5.47 Å². The van der Waals surface area contributed by atoms with Crippen LogP contribution in [0.2, 0.25) is 0 Å². The molecule has 0 unspecified atom stereocenters. The van der Waals surface area contributed by atoms with Crippen LogP contribution in [0.1, 0.15) is 38.8 Å². The molecule has 1 aliphatic heterocycles. The van der Waals surface area contributed by atoms with E-state index in [-0.39, 0.29) is 0 Å². The van der Waals surface area contributed by atoms with Crippen LogP contribution in [-0.4, -0.2) is 24.1 Å². The molecule has 6 heteroatoms. The molecule has 0 aliphatic carbocycles. The SMILES string of the molecule is CC1(C)OB(C(=Cc2cc(F)ccc2C#N)CS)OC1(C)C. The van der Waals surface area contributed by atoms with Crippen molar-refractivity contribution in [1.29, 1.82) is 5.26 Å². The minimum absolute atomic E-state index is 0.387. The van der Waals surface area contributed by atoms with E-state index in [1.807, 2.05) is 27.7 Å². The fraction of sp³-hybridized carbons (Fsp3) is 0.438. The van der Waals surface area contributed by atoms with Gasteiger partial charge in [-0.15, -0.1) is 0 Å². The fourth-order valence-electron chi connectivity index (χ4n) is 2.14. The van der Waals surface area contributed by atoms with Crippen LogP contribution in [0, 0.1) is 17.1 Å². The van der Waals surface area contributed by atoms with Gasteiger partial charge in [0.15, 0.2) is 0 Å². The van der Waals surface area contributed by atoms with Crippen LogP contribution in [0.15, 0.2) is 23.7 Å². The highest BCUT2D eigenvalue weighted by molar-refractivity contribution is 7.80. The van der Waals surface area contributed by atoms with Crippen molar-refractivity contribution in [2.24, 2.45) is 0 Å². The van der Waals surface area contributed by atoms with E-state index in [9.17, 15) is 4.39 Å². The Morgan fingerprint density at radius 3 is 2.41 bits per heavy atom. The van der Waals surface area contributed by atoms with Crippen LogP contribution in [0.4, 0.5) is 4.39 Å². The summed E-state index contributed by atoms with van der Waals surface area (Å²) in [7, 11) is -0.558. The Labute approximate surface area is 136 Å².